The van der Waals surface area contributed by atoms with Crippen molar-refractivity contribution in [3.63, 3.8) is 0 Å². The second-order valence-corrected chi connectivity index (χ2v) is 5.19. The van der Waals surface area contributed by atoms with Crippen molar-refractivity contribution in [2.75, 3.05) is 26.2 Å². The van der Waals surface area contributed by atoms with Crippen LogP contribution in [0.15, 0.2) is 18.2 Å². The molecule has 122 valence electrons. The molecular weight excluding hydrogens is 311 g/mol. The lowest BCUT2D eigenvalue weighted by Crippen LogP contribution is -2.45. The number of hydrogen-bond donors (Lipinski definition) is 3. The molecule has 1 aliphatic rings. The van der Waals surface area contributed by atoms with Crippen LogP contribution < -0.4 is 5.32 Å². The Kier molecular flexibility index (Phi) is 9.79. The first-order chi connectivity index (χ1) is 9.22. The van der Waals surface area contributed by atoms with Gasteiger partial charge >= 0.3 is 0 Å². The Balaban J connectivity index is 0.00000200. The summed E-state index contributed by atoms with van der Waals surface area (Å²) < 4.78 is 0. The molecule has 0 amide bonds. The summed E-state index contributed by atoms with van der Waals surface area (Å²) >= 11 is 0. The molecule has 1 heterocycles. The van der Waals surface area contributed by atoms with Gasteiger partial charge in [0.25, 0.3) is 0 Å². The van der Waals surface area contributed by atoms with E-state index >= 15 is 0 Å². The highest BCUT2D eigenvalue weighted by Crippen LogP contribution is 2.34. The zero-order valence-corrected chi connectivity index (χ0v) is 14.1. The molecule has 0 aromatic heterocycles. The molecule has 1 saturated heterocycles. The monoisotopic (exact) mass is 336 g/mol. The first-order valence-electron chi connectivity index (χ1n) is 7.19. The second kappa shape index (κ2) is 10.1. The van der Waals surface area contributed by atoms with E-state index < -0.39 is 0 Å². The Bertz CT molecular complexity index is 413. The van der Waals surface area contributed by atoms with Gasteiger partial charge in [0.15, 0.2) is 0 Å². The number of nitrogens with zero attached hydrogens (tertiary/aromatic N) is 1. The van der Waals surface area contributed by atoms with Crippen molar-refractivity contribution in [1.29, 1.82) is 0 Å². The van der Waals surface area contributed by atoms with Crippen LogP contribution in [0.4, 0.5) is 0 Å². The summed E-state index contributed by atoms with van der Waals surface area (Å²) in [5, 5.41) is 23.1. The summed E-state index contributed by atoms with van der Waals surface area (Å²) in [6, 6.07) is 5.03. The van der Waals surface area contributed by atoms with Gasteiger partial charge in [0.1, 0.15) is 11.5 Å². The minimum atomic E-state index is 0. The highest BCUT2D eigenvalue weighted by molar-refractivity contribution is 5.85. The topological polar surface area (TPSA) is 55.7 Å². The SMILES string of the molecule is CCCC[C@H](c1cc(O)ccc1O)N1CCNCC1.Cl.Cl. The van der Waals surface area contributed by atoms with Gasteiger partial charge in [-0.25, -0.2) is 0 Å². The van der Waals surface area contributed by atoms with Crippen LogP contribution in [0, 0.1) is 0 Å². The summed E-state index contributed by atoms with van der Waals surface area (Å²) in [6.07, 6.45) is 3.29. The zero-order valence-electron chi connectivity index (χ0n) is 12.4. The zero-order chi connectivity index (χ0) is 13.7. The largest absolute Gasteiger partial charge is 0.508 e. The maximum atomic E-state index is 10.1. The van der Waals surface area contributed by atoms with E-state index in [1.54, 1.807) is 12.1 Å². The molecule has 1 aliphatic heterocycles. The van der Waals surface area contributed by atoms with Gasteiger partial charge in [0.05, 0.1) is 0 Å². The number of phenols is 2. The number of halogens is 2. The van der Waals surface area contributed by atoms with Crippen LogP contribution >= 0.6 is 24.8 Å². The number of piperazine rings is 1. The average Bonchev–Trinajstić information content (AvgIpc) is 2.44. The molecule has 2 rings (SSSR count). The number of benzene rings is 1. The molecule has 1 aromatic rings. The molecule has 1 aromatic carbocycles. The normalized spacial score (nSPS) is 16.6. The highest BCUT2D eigenvalue weighted by Gasteiger charge is 2.24. The average molecular weight is 337 g/mol. The summed E-state index contributed by atoms with van der Waals surface area (Å²) in [6.45, 7) is 6.13. The number of nitrogens with one attached hydrogen (secondary N) is 1. The van der Waals surface area contributed by atoms with Crippen LogP contribution in [0.5, 0.6) is 11.5 Å². The van der Waals surface area contributed by atoms with Gasteiger partial charge < -0.3 is 15.5 Å². The third-order valence-electron chi connectivity index (χ3n) is 3.79. The van der Waals surface area contributed by atoms with E-state index in [4.69, 9.17) is 0 Å². The molecule has 0 radical (unpaired) electrons. The number of aromatic hydroxyl groups is 2. The van der Waals surface area contributed by atoms with Crippen LogP contribution in [-0.4, -0.2) is 41.3 Å². The maximum absolute atomic E-state index is 10.1. The van der Waals surface area contributed by atoms with Gasteiger partial charge in [-0.15, -0.1) is 24.8 Å². The van der Waals surface area contributed by atoms with Crippen molar-refractivity contribution in [3.8, 4) is 11.5 Å². The molecule has 4 nitrogen and oxygen atoms in total. The summed E-state index contributed by atoms with van der Waals surface area (Å²) in [5.74, 6) is 0.516. The van der Waals surface area contributed by atoms with Crippen molar-refractivity contribution in [3.05, 3.63) is 23.8 Å². The predicted octanol–water partition coefficient (Wildman–Crippen LogP) is 3.08. The van der Waals surface area contributed by atoms with E-state index in [2.05, 4.69) is 17.1 Å². The van der Waals surface area contributed by atoms with Gasteiger partial charge in [-0.3, -0.25) is 4.90 Å². The first-order valence-corrected chi connectivity index (χ1v) is 7.19. The van der Waals surface area contributed by atoms with Gasteiger partial charge in [0, 0.05) is 37.8 Å². The number of unbranched alkanes of at least 4 members (excludes halogenated alkanes) is 1. The molecule has 0 unspecified atom stereocenters. The molecule has 1 atom stereocenters. The fourth-order valence-corrected chi connectivity index (χ4v) is 2.73. The molecular formula is C15H26Cl2N2O2. The van der Waals surface area contributed by atoms with E-state index in [0.29, 0.717) is 0 Å². The van der Waals surface area contributed by atoms with E-state index in [9.17, 15) is 10.2 Å². The summed E-state index contributed by atoms with van der Waals surface area (Å²) in [4.78, 5) is 2.40. The lowest BCUT2D eigenvalue weighted by atomic mass is 9.97. The van der Waals surface area contributed by atoms with E-state index in [1.165, 1.54) is 6.07 Å². The van der Waals surface area contributed by atoms with Crippen molar-refractivity contribution in [2.45, 2.75) is 32.2 Å². The molecule has 0 saturated carbocycles. The quantitative estimate of drug-likeness (QED) is 0.723. The Hall–Kier alpha value is -0.680. The second-order valence-electron chi connectivity index (χ2n) is 5.19. The number of phenolic OH excluding ortho intramolecular Hbond substituents is 2. The third kappa shape index (κ3) is 5.55. The molecule has 1 fully saturated rings. The Morgan fingerprint density at radius 2 is 1.86 bits per heavy atom. The van der Waals surface area contributed by atoms with Crippen LogP contribution in [0.2, 0.25) is 0 Å². The lowest BCUT2D eigenvalue weighted by molar-refractivity contribution is 0.160. The molecule has 21 heavy (non-hydrogen) atoms. The van der Waals surface area contributed by atoms with Crippen molar-refractivity contribution in [1.82, 2.24) is 10.2 Å². The molecule has 0 spiro atoms. The van der Waals surface area contributed by atoms with Gasteiger partial charge in [-0.05, 0) is 24.6 Å². The summed E-state index contributed by atoms with van der Waals surface area (Å²) in [7, 11) is 0. The molecule has 6 heteroatoms. The predicted molar refractivity (Wildman–Crippen MR) is 91.0 cm³/mol. The van der Waals surface area contributed by atoms with Gasteiger partial charge in [0.2, 0.25) is 0 Å². The fraction of sp³-hybridized carbons (Fsp3) is 0.600. The third-order valence-corrected chi connectivity index (χ3v) is 3.79. The van der Waals surface area contributed by atoms with Crippen LogP contribution in [-0.2, 0) is 0 Å². The van der Waals surface area contributed by atoms with Gasteiger partial charge in [-0.2, -0.15) is 0 Å². The Labute approximate surface area is 139 Å². The first kappa shape index (κ1) is 20.3. The Morgan fingerprint density at radius 3 is 2.48 bits per heavy atom. The molecule has 3 N–H and O–H groups in total. The fourth-order valence-electron chi connectivity index (χ4n) is 2.73. The minimum absolute atomic E-state index is 0. The maximum Gasteiger partial charge on any atom is 0.120 e. The molecule has 0 aliphatic carbocycles. The minimum Gasteiger partial charge on any atom is -0.508 e. The number of hydrogen-bond acceptors (Lipinski definition) is 4. The van der Waals surface area contributed by atoms with Crippen LogP contribution in [0.3, 0.4) is 0 Å². The molecule has 0 bridgehead atoms. The van der Waals surface area contributed by atoms with Crippen molar-refractivity contribution >= 4 is 24.8 Å². The van der Waals surface area contributed by atoms with Gasteiger partial charge in [-0.1, -0.05) is 19.8 Å². The van der Waals surface area contributed by atoms with Crippen LogP contribution in [0.1, 0.15) is 37.8 Å². The van der Waals surface area contributed by atoms with Crippen LogP contribution in [0.25, 0.3) is 0 Å². The van der Waals surface area contributed by atoms with E-state index in [0.717, 1.165) is 51.0 Å². The lowest BCUT2D eigenvalue weighted by Gasteiger charge is -2.35. The smallest absolute Gasteiger partial charge is 0.120 e. The van der Waals surface area contributed by atoms with Crippen molar-refractivity contribution < 1.29 is 10.2 Å². The highest BCUT2D eigenvalue weighted by atomic mass is 35.5. The summed E-state index contributed by atoms with van der Waals surface area (Å²) in [5.41, 5.74) is 0.857. The Morgan fingerprint density at radius 1 is 1.19 bits per heavy atom. The number of rotatable bonds is 5. The standard InChI is InChI=1S/C15H24N2O2.2ClH/c1-2-3-4-14(17-9-7-16-8-10-17)13-11-12(18)5-6-15(13)19;;/h5-6,11,14,16,18-19H,2-4,7-10H2,1H3;2*1H/t14-;;/m1../s1. The van der Waals surface area contributed by atoms with Crippen molar-refractivity contribution in [2.24, 2.45) is 0 Å². The van der Waals surface area contributed by atoms with E-state index in [-0.39, 0.29) is 42.4 Å². The van der Waals surface area contributed by atoms with E-state index in [1.807, 2.05) is 0 Å².